The summed E-state index contributed by atoms with van der Waals surface area (Å²) in [6.45, 7) is 5.12. The van der Waals surface area contributed by atoms with Crippen LogP contribution in [-0.2, 0) is 17.6 Å². The lowest BCUT2D eigenvalue weighted by atomic mass is 9.75. The van der Waals surface area contributed by atoms with Gasteiger partial charge in [0.1, 0.15) is 0 Å². The molecule has 0 atom stereocenters. The third-order valence-electron chi connectivity index (χ3n) is 5.16. The van der Waals surface area contributed by atoms with Crippen molar-refractivity contribution in [2.24, 2.45) is 5.41 Å². The molecular weight excluding hydrogens is 308 g/mol. The summed E-state index contributed by atoms with van der Waals surface area (Å²) in [5.41, 5.74) is 4.45. The number of rotatable bonds is 4. The summed E-state index contributed by atoms with van der Waals surface area (Å²) in [6.07, 6.45) is 7.40. The number of hydrogen-bond donors (Lipinski definition) is 1. The Hall–Kier alpha value is -1.13. The molecular formula is C19H26O3S. The molecule has 0 amide bonds. The van der Waals surface area contributed by atoms with Gasteiger partial charge in [0.15, 0.2) is 0 Å². The van der Waals surface area contributed by atoms with Gasteiger partial charge in [-0.3, -0.25) is 0 Å². The van der Waals surface area contributed by atoms with E-state index in [4.69, 9.17) is 4.74 Å². The fourth-order valence-corrected chi connectivity index (χ4v) is 5.36. The van der Waals surface area contributed by atoms with Gasteiger partial charge in [0.05, 0.1) is 12.2 Å². The van der Waals surface area contributed by atoms with E-state index in [1.165, 1.54) is 22.4 Å². The summed E-state index contributed by atoms with van der Waals surface area (Å²) in [7, 11) is 1.72. The van der Waals surface area contributed by atoms with Gasteiger partial charge in [-0.2, -0.15) is 0 Å². The summed E-state index contributed by atoms with van der Waals surface area (Å²) in [6, 6.07) is 0. The molecule has 0 unspecified atom stereocenters. The van der Waals surface area contributed by atoms with E-state index < -0.39 is 5.97 Å². The van der Waals surface area contributed by atoms with Crippen molar-refractivity contribution in [3.8, 4) is 0 Å². The molecule has 0 saturated carbocycles. The lowest BCUT2D eigenvalue weighted by Gasteiger charge is -2.29. The summed E-state index contributed by atoms with van der Waals surface area (Å²) in [4.78, 5) is 14.3. The fourth-order valence-electron chi connectivity index (χ4n) is 3.93. The minimum absolute atomic E-state index is 0.200. The van der Waals surface area contributed by atoms with Crippen LogP contribution in [0.1, 0.15) is 71.6 Å². The number of aromatic carboxylic acids is 1. The molecule has 23 heavy (non-hydrogen) atoms. The van der Waals surface area contributed by atoms with Crippen LogP contribution < -0.4 is 0 Å². The third-order valence-corrected chi connectivity index (χ3v) is 6.52. The van der Waals surface area contributed by atoms with E-state index in [2.05, 4.69) is 13.8 Å². The summed E-state index contributed by atoms with van der Waals surface area (Å²) in [5, 5.41) is 9.88. The van der Waals surface area contributed by atoms with Gasteiger partial charge in [-0.1, -0.05) is 13.8 Å². The molecule has 0 spiro atoms. The molecule has 126 valence electrons. The highest BCUT2D eigenvalue weighted by Gasteiger charge is 2.34. The van der Waals surface area contributed by atoms with Crippen molar-refractivity contribution in [1.29, 1.82) is 0 Å². The Bertz CT molecular complexity index is 652. The number of allylic oxidation sites excluding steroid dienone is 1. The van der Waals surface area contributed by atoms with Crippen LogP contribution in [0.5, 0.6) is 0 Å². The van der Waals surface area contributed by atoms with E-state index in [1.807, 2.05) is 0 Å². The first-order valence-electron chi connectivity index (χ1n) is 8.51. The van der Waals surface area contributed by atoms with Crippen molar-refractivity contribution in [3.63, 3.8) is 0 Å². The van der Waals surface area contributed by atoms with Gasteiger partial charge in [0, 0.05) is 16.9 Å². The van der Waals surface area contributed by atoms with Gasteiger partial charge < -0.3 is 9.84 Å². The molecule has 1 heterocycles. The molecule has 0 bridgehead atoms. The number of ether oxygens (including phenoxy) is 1. The van der Waals surface area contributed by atoms with Crippen molar-refractivity contribution >= 4 is 22.9 Å². The Labute approximate surface area is 142 Å². The third kappa shape index (κ3) is 3.24. The number of aryl methyl sites for hydroxylation is 1. The van der Waals surface area contributed by atoms with Crippen LogP contribution in [0.25, 0.3) is 5.57 Å². The zero-order valence-corrected chi connectivity index (χ0v) is 15.1. The van der Waals surface area contributed by atoms with E-state index >= 15 is 0 Å². The van der Waals surface area contributed by atoms with Gasteiger partial charge >= 0.3 is 5.97 Å². The maximum Gasteiger partial charge on any atom is 0.337 e. The highest BCUT2D eigenvalue weighted by Crippen LogP contribution is 2.46. The van der Waals surface area contributed by atoms with Crippen LogP contribution in [0.3, 0.4) is 0 Å². The number of fused-ring (bicyclic) bond motifs is 1. The maximum absolute atomic E-state index is 12.0. The fraction of sp³-hybridized carbons (Fsp3) is 0.632. The Morgan fingerprint density at radius 2 is 2.00 bits per heavy atom. The summed E-state index contributed by atoms with van der Waals surface area (Å²) in [5.74, 6) is -0.759. The second-order valence-electron chi connectivity index (χ2n) is 7.58. The Morgan fingerprint density at radius 1 is 1.26 bits per heavy atom. The topological polar surface area (TPSA) is 46.5 Å². The first-order chi connectivity index (χ1) is 10.9. The Morgan fingerprint density at radius 3 is 2.70 bits per heavy atom. The number of carboxylic acid groups (broad SMARTS) is 1. The first kappa shape index (κ1) is 16.7. The van der Waals surface area contributed by atoms with Gasteiger partial charge in [-0.15, -0.1) is 11.3 Å². The molecule has 3 nitrogen and oxygen atoms in total. The summed E-state index contributed by atoms with van der Waals surface area (Å²) >= 11 is 1.73. The van der Waals surface area contributed by atoms with Crippen LogP contribution in [0.15, 0.2) is 5.57 Å². The van der Waals surface area contributed by atoms with Crippen molar-refractivity contribution in [3.05, 3.63) is 26.5 Å². The molecule has 1 aromatic rings. The molecule has 0 saturated heterocycles. The van der Waals surface area contributed by atoms with Crippen LogP contribution in [0.2, 0.25) is 0 Å². The SMILES string of the molecule is COCC1=C(c2sc3c(c2C(=O)O)CC(C)(C)CC3)CCCC1. The average molecular weight is 334 g/mol. The molecule has 2 aliphatic rings. The van der Waals surface area contributed by atoms with Crippen molar-refractivity contribution in [2.45, 2.75) is 58.8 Å². The van der Waals surface area contributed by atoms with Crippen LogP contribution in [0.4, 0.5) is 0 Å². The van der Waals surface area contributed by atoms with Crippen LogP contribution in [-0.4, -0.2) is 24.8 Å². The second-order valence-corrected chi connectivity index (χ2v) is 8.68. The van der Waals surface area contributed by atoms with E-state index in [-0.39, 0.29) is 5.41 Å². The van der Waals surface area contributed by atoms with Crippen molar-refractivity contribution < 1.29 is 14.6 Å². The first-order valence-corrected chi connectivity index (χ1v) is 9.32. The standard InChI is InChI=1S/C19H26O3S/c1-19(2)9-8-15-14(10-19)16(18(20)21)17(23-15)13-7-5-4-6-12(13)11-22-3/h4-11H2,1-3H3,(H,20,21). The molecule has 1 N–H and O–H groups in total. The van der Waals surface area contributed by atoms with Gasteiger partial charge in [0.25, 0.3) is 0 Å². The molecule has 0 radical (unpaired) electrons. The highest BCUT2D eigenvalue weighted by atomic mass is 32.1. The molecule has 2 aliphatic carbocycles. The van der Waals surface area contributed by atoms with E-state index in [1.54, 1.807) is 18.4 Å². The highest BCUT2D eigenvalue weighted by molar-refractivity contribution is 7.13. The quantitative estimate of drug-likeness (QED) is 0.849. The largest absolute Gasteiger partial charge is 0.478 e. The molecule has 0 aliphatic heterocycles. The minimum atomic E-state index is -0.759. The lowest BCUT2D eigenvalue weighted by Crippen LogP contribution is -2.22. The number of thiophene rings is 1. The Kier molecular flexibility index (Phi) is 4.65. The zero-order valence-electron chi connectivity index (χ0n) is 14.3. The van der Waals surface area contributed by atoms with E-state index in [9.17, 15) is 9.90 Å². The Balaban J connectivity index is 2.13. The number of hydrogen-bond acceptors (Lipinski definition) is 3. The van der Waals surface area contributed by atoms with E-state index in [0.29, 0.717) is 12.2 Å². The molecule has 1 aromatic heterocycles. The lowest BCUT2D eigenvalue weighted by molar-refractivity contribution is 0.0695. The van der Waals surface area contributed by atoms with Gasteiger partial charge in [0.2, 0.25) is 0 Å². The number of carboxylic acids is 1. The second kappa shape index (κ2) is 6.40. The van der Waals surface area contributed by atoms with Crippen molar-refractivity contribution in [1.82, 2.24) is 0 Å². The predicted molar refractivity (Wildman–Crippen MR) is 94.3 cm³/mol. The van der Waals surface area contributed by atoms with Crippen molar-refractivity contribution in [2.75, 3.05) is 13.7 Å². The number of methoxy groups -OCH3 is 1. The van der Waals surface area contributed by atoms with Gasteiger partial charge in [-0.25, -0.2) is 4.79 Å². The average Bonchev–Trinajstić information content (AvgIpc) is 2.85. The molecule has 0 aromatic carbocycles. The minimum Gasteiger partial charge on any atom is -0.478 e. The maximum atomic E-state index is 12.0. The zero-order chi connectivity index (χ0) is 16.6. The van der Waals surface area contributed by atoms with E-state index in [0.717, 1.165) is 49.0 Å². The smallest absolute Gasteiger partial charge is 0.337 e. The molecule has 3 rings (SSSR count). The summed E-state index contributed by atoms with van der Waals surface area (Å²) < 4.78 is 5.37. The molecule has 0 fully saturated rings. The normalized spacial score (nSPS) is 20.5. The van der Waals surface area contributed by atoms with Crippen LogP contribution >= 0.6 is 11.3 Å². The molecule has 4 heteroatoms. The van der Waals surface area contributed by atoms with Gasteiger partial charge in [-0.05, 0) is 67.1 Å². The monoisotopic (exact) mass is 334 g/mol. The predicted octanol–water partition coefficient (Wildman–Crippen LogP) is 4.94. The van der Waals surface area contributed by atoms with Crippen LogP contribution in [0, 0.1) is 5.41 Å². The number of carbonyl (C=O) groups is 1.